The van der Waals surface area contributed by atoms with Gasteiger partial charge in [-0.1, -0.05) is 11.8 Å². The van der Waals surface area contributed by atoms with Crippen LogP contribution in [-0.4, -0.2) is 32.8 Å². The molecule has 0 radical (unpaired) electrons. The van der Waals surface area contributed by atoms with Crippen molar-refractivity contribution in [1.29, 1.82) is 0 Å². The lowest BCUT2D eigenvalue weighted by Gasteiger charge is -2.45. The molecular formula is C18H20N2O5S. The van der Waals surface area contributed by atoms with Gasteiger partial charge in [0, 0.05) is 28.4 Å². The lowest BCUT2D eigenvalue weighted by atomic mass is 9.86. The zero-order valence-corrected chi connectivity index (χ0v) is 15.9. The summed E-state index contributed by atoms with van der Waals surface area (Å²) in [5.74, 6) is -0.605. The molecule has 0 spiro atoms. The third kappa shape index (κ3) is 3.33. The Kier molecular flexibility index (Phi) is 4.34. The van der Waals surface area contributed by atoms with E-state index in [9.17, 15) is 19.7 Å². The average molecular weight is 376 g/mol. The lowest BCUT2D eigenvalue weighted by molar-refractivity contribution is -0.384. The molecular weight excluding hydrogens is 356 g/mol. The Morgan fingerprint density at radius 1 is 1.27 bits per heavy atom. The van der Waals surface area contributed by atoms with E-state index in [1.807, 2.05) is 6.92 Å². The minimum Gasteiger partial charge on any atom is -0.455 e. The van der Waals surface area contributed by atoms with Crippen molar-refractivity contribution in [3.05, 3.63) is 45.0 Å². The van der Waals surface area contributed by atoms with Crippen molar-refractivity contribution < 1.29 is 19.2 Å². The van der Waals surface area contributed by atoms with Crippen molar-refractivity contribution in [1.82, 2.24) is 4.90 Å². The molecule has 0 saturated carbocycles. The lowest BCUT2D eigenvalue weighted by Crippen LogP contribution is -2.59. The van der Waals surface area contributed by atoms with Crippen LogP contribution in [0.5, 0.6) is 0 Å². The van der Waals surface area contributed by atoms with Gasteiger partial charge in [-0.2, -0.15) is 0 Å². The molecule has 0 aliphatic carbocycles. The molecule has 0 N–H and O–H groups in total. The molecule has 2 heterocycles. The smallest absolute Gasteiger partial charge is 0.356 e. The first-order valence-corrected chi connectivity index (χ1v) is 9.04. The van der Waals surface area contributed by atoms with Gasteiger partial charge in [-0.3, -0.25) is 19.8 Å². The molecule has 1 aromatic rings. The summed E-state index contributed by atoms with van der Waals surface area (Å²) in [5, 5.41) is 10.8. The SMILES string of the molecule is CC(C)(C)OC(=O)C1=C(Sc2ccc([N+](=O)[O-])cc2)CC2(C)CC(=O)N12. The Balaban J connectivity index is 1.92. The Morgan fingerprint density at radius 3 is 2.38 bits per heavy atom. The van der Waals surface area contributed by atoms with Gasteiger partial charge in [0.2, 0.25) is 5.91 Å². The van der Waals surface area contributed by atoms with E-state index in [2.05, 4.69) is 0 Å². The van der Waals surface area contributed by atoms with Crippen LogP contribution in [-0.2, 0) is 14.3 Å². The molecule has 1 amide bonds. The maximum absolute atomic E-state index is 12.7. The molecule has 7 nitrogen and oxygen atoms in total. The number of carbonyl (C=O) groups is 2. The van der Waals surface area contributed by atoms with Gasteiger partial charge in [-0.15, -0.1) is 0 Å². The molecule has 138 valence electrons. The van der Waals surface area contributed by atoms with Crippen LogP contribution >= 0.6 is 11.8 Å². The number of esters is 1. The second-order valence-electron chi connectivity index (χ2n) is 7.71. The van der Waals surface area contributed by atoms with Gasteiger partial charge in [0.25, 0.3) is 5.69 Å². The number of nitro benzene ring substituents is 1. The van der Waals surface area contributed by atoms with E-state index < -0.39 is 22.0 Å². The van der Waals surface area contributed by atoms with Crippen molar-refractivity contribution in [3.63, 3.8) is 0 Å². The summed E-state index contributed by atoms with van der Waals surface area (Å²) < 4.78 is 5.49. The third-order valence-corrected chi connectivity index (χ3v) is 5.32. The summed E-state index contributed by atoms with van der Waals surface area (Å²) in [5.41, 5.74) is -0.762. The first kappa shape index (κ1) is 18.4. The largest absolute Gasteiger partial charge is 0.455 e. The fourth-order valence-electron chi connectivity index (χ4n) is 3.18. The molecule has 1 fully saturated rings. The van der Waals surface area contributed by atoms with Crippen LogP contribution in [0.2, 0.25) is 0 Å². The number of non-ortho nitro benzene ring substituents is 1. The number of ether oxygens (including phenoxy) is 1. The van der Waals surface area contributed by atoms with Crippen molar-refractivity contribution in [2.45, 2.75) is 56.6 Å². The van der Waals surface area contributed by atoms with Gasteiger partial charge in [0.1, 0.15) is 11.3 Å². The molecule has 1 atom stereocenters. The van der Waals surface area contributed by atoms with Crippen molar-refractivity contribution in [2.75, 3.05) is 0 Å². The third-order valence-electron chi connectivity index (χ3n) is 4.23. The minimum absolute atomic E-state index is 0.00748. The second kappa shape index (κ2) is 6.12. The topological polar surface area (TPSA) is 89.7 Å². The summed E-state index contributed by atoms with van der Waals surface area (Å²) in [6.45, 7) is 7.28. The molecule has 3 rings (SSSR count). The van der Waals surface area contributed by atoms with Gasteiger partial charge in [0.15, 0.2) is 0 Å². The second-order valence-corrected chi connectivity index (χ2v) is 8.87. The number of carbonyl (C=O) groups excluding carboxylic acids is 2. The number of rotatable bonds is 4. The first-order chi connectivity index (χ1) is 12.0. The molecule has 1 unspecified atom stereocenters. The van der Waals surface area contributed by atoms with Crippen molar-refractivity contribution in [2.24, 2.45) is 0 Å². The highest BCUT2D eigenvalue weighted by Gasteiger charge is 2.56. The molecule has 26 heavy (non-hydrogen) atoms. The highest BCUT2D eigenvalue weighted by Crippen LogP contribution is 2.52. The van der Waals surface area contributed by atoms with Crippen LogP contribution in [0.4, 0.5) is 5.69 Å². The van der Waals surface area contributed by atoms with Gasteiger partial charge in [-0.25, -0.2) is 4.79 Å². The fraction of sp³-hybridized carbons (Fsp3) is 0.444. The molecule has 1 saturated heterocycles. The number of nitro groups is 1. The molecule has 0 aromatic heterocycles. The van der Waals surface area contributed by atoms with E-state index in [1.54, 1.807) is 32.9 Å². The predicted octanol–water partition coefficient (Wildman–Crippen LogP) is 3.63. The quantitative estimate of drug-likeness (QED) is 0.345. The van der Waals surface area contributed by atoms with Crippen molar-refractivity contribution >= 4 is 29.3 Å². The van der Waals surface area contributed by atoms with E-state index >= 15 is 0 Å². The van der Waals surface area contributed by atoms with Crippen LogP contribution < -0.4 is 0 Å². The van der Waals surface area contributed by atoms with E-state index in [0.29, 0.717) is 18.5 Å². The predicted molar refractivity (Wildman–Crippen MR) is 96.3 cm³/mol. The molecule has 1 aromatic carbocycles. The van der Waals surface area contributed by atoms with Crippen LogP contribution in [0.25, 0.3) is 0 Å². The number of β-lactam (4-membered cyclic amide) rings is 1. The van der Waals surface area contributed by atoms with E-state index in [1.165, 1.54) is 28.8 Å². The summed E-state index contributed by atoms with van der Waals surface area (Å²) in [7, 11) is 0. The zero-order valence-electron chi connectivity index (χ0n) is 15.1. The Hall–Kier alpha value is -2.35. The maximum atomic E-state index is 12.7. The summed E-state index contributed by atoms with van der Waals surface area (Å²) >= 11 is 1.34. The summed E-state index contributed by atoms with van der Waals surface area (Å²) in [4.78, 5) is 38.2. The molecule has 2 aliphatic rings. The number of thioether (sulfide) groups is 1. The molecule has 8 heteroatoms. The van der Waals surface area contributed by atoms with Crippen LogP contribution in [0, 0.1) is 10.1 Å². The van der Waals surface area contributed by atoms with Crippen LogP contribution in [0.15, 0.2) is 39.8 Å². The highest BCUT2D eigenvalue weighted by molar-refractivity contribution is 8.03. The number of nitrogens with zero attached hydrogens (tertiary/aromatic N) is 2. The Morgan fingerprint density at radius 2 is 1.88 bits per heavy atom. The highest BCUT2D eigenvalue weighted by atomic mass is 32.2. The number of hydrogen-bond donors (Lipinski definition) is 0. The molecule has 0 bridgehead atoms. The monoisotopic (exact) mass is 376 g/mol. The van der Waals surface area contributed by atoms with E-state index in [0.717, 1.165) is 9.80 Å². The van der Waals surface area contributed by atoms with Gasteiger partial charge in [0.05, 0.1) is 16.9 Å². The van der Waals surface area contributed by atoms with E-state index in [-0.39, 0.29) is 11.6 Å². The average Bonchev–Trinajstić information content (AvgIpc) is 2.73. The Labute approximate surface area is 155 Å². The van der Waals surface area contributed by atoms with Gasteiger partial charge >= 0.3 is 5.97 Å². The number of amides is 1. The maximum Gasteiger partial charge on any atom is 0.356 e. The van der Waals surface area contributed by atoms with Gasteiger partial charge < -0.3 is 4.74 Å². The zero-order chi connectivity index (χ0) is 19.3. The standard InChI is InChI=1S/C18H20N2O5S/c1-17(2,3)25-16(22)15-13(9-18(4)10-14(21)19(15)18)26-12-7-5-11(6-8-12)20(23)24/h5-8H,9-10H2,1-4H3. The van der Waals surface area contributed by atoms with Gasteiger partial charge in [-0.05, 0) is 39.8 Å². The minimum atomic E-state index is -0.667. The van der Waals surface area contributed by atoms with Crippen LogP contribution in [0.1, 0.15) is 40.5 Å². The summed E-state index contributed by atoms with van der Waals surface area (Å²) in [6.07, 6.45) is 0.957. The summed E-state index contributed by atoms with van der Waals surface area (Å²) in [6, 6.07) is 6.13. The fourth-order valence-corrected chi connectivity index (χ4v) is 4.39. The van der Waals surface area contributed by atoms with Crippen molar-refractivity contribution in [3.8, 4) is 0 Å². The molecule has 2 aliphatic heterocycles. The van der Waals surface area contributed by atoms with E-state index in [4.69, 9.17) is 4.74 Å². The van der Waals surface area contributed by atoms with Crippen LogP contribution in [0.3, 0.4) is 0 Å². The number of hydrogen-bond acceptors (Lipinski definition) is 6. The first-order valence-electron chi connectivity index (χ1n) is 8.22. The Bertz CT molecular complexity index is 825. The number of benzene rings is 1. The number of fused-ring (bicyclic) bond motifs is 1. The normalized spacial score (nSPS) is 22.2.